The number of nitrogens with one attached hydrogen (secondary N) is 1. The number of amidine groups is 1. The second-order valence-corrected chi connectivity index (χ2v) is 5.28. The van der Waals surface area contributed by atoms with E-state index in [1.54, 1.807) is 24.5 Å². The highest BCUT2D eigenvalue weighted by Gasteiger charge is 2.25. The summed E-state index contributed by atoms with van der Waals surface area (Å²) in [6.45, 7) is 0. The van der Waals surface area contributed by atoms with E-state index >= 15 is 0 Å². The van der Waals surface area contributed by atoms with E-state index in [-0.39, 0.29) is 11.9 Å². The maximum atomic E-state index is 9.77. The fourth-order valence-electron chi connectivity index (χ4n) is 2.64. The fraction of sp³-hybridized carbons (Fsp3) is 0.0500. The summed E-state index contributed by atoms with van der Waals surface area (Å²) < 4.78 is 0. The summed E-state index contributed by atoms with van der Waals surface area (Å²) in [6.07, 6.45) is 5.43. The lowest BCUT2D eigenvalue weighted by molar-refractivity contribution is 0.485. The van der Waals surface area contributed by atoms with Crippen LogP contribution in [0, 0.1) is 16.9 Å². The zero-order chi connectivity index (χ0) is 16.8. The predicted octanol–water partition coefficient (Wildman–Crippen LogP) is 3.98. The van der Waals surface area contributed by atoms with Crippen LogP contribution in [-0.4, -0.2) is 15.7 Å². The maximum absolute atomic E-state index is 9.77. The van der Waals surface area contributed by atoms with E-state index in [1.807, 2.05) is 60.7 Å². The van der Waals surface area contributed by atoms with Crippen molar-refractivity contribution >= 4 is 5.84 Å². The molecule has 0 atom stereocenters. The third-order valence-electron chi connectivity index (χ3n) is 3.77. The Labute approximate surface area is 141 Å². The molecule has 0 amide bonds. The van der Waals surface area contributed by atoms with E-state index in [4.69, 9.17) is 5.41 Å². The van der Waals surface area contributed by atoms with Crippen molar-refractivity contribution in [1.82, 2.24) is 9.88 Å². The van der Waals surface area contributed by atoms with Crippen LogP contribution >= 0.6 is 0 Å². The van der Waals surface area contributed by atoms with Crippen molar-refractivity contribution < 1.29 is 0 Å². The molecule has 0 aliphatic heterocycles. The van der Waals surface area contributed by atoms with Gasteiger partial charge in [-0.2, -0.15) is 5.26 Å². The molecule has 0 saturated carbocycles. The molecule has 1 N–H and O–H groups in total. The second-order valence-electron chi connectivity index (χ2n) is 5.28. The Hall–Kier alpha value is -3.45. The van der Waals surface area contributed by atoms with Gasteiger partial charge >= 0.3 is 0 Å². The third-order valence-corrected chi connectivity index (χ3v) is 3.77. The van der Waals surface area contributed by atoms with Crippen molar-refractivity contribution in [2.45, 2.75) is 6.04 Å². The van der Waals surface area contributed by atoms with Crippen molar-refractivity contribution in [3.8, 4) is 6.19 Å². The van der Waals surface area contributed by atoms with Gasteiger partial charge in [-0.15, -0.1) is 0 Å². The quantitative estimate of drug-likeness (QED) is 0.343. The lowest BCUT2D eigenvalue weighted by Crippen LogP contribution is -2.31. The zero-order valence-electron chi connectivity index (χ0n) is 13.0. The van der Waals surface area contributed by atoms with Crippen LogP contribution in [-0.2, 0) is 0 Å². The van der Waals surface area contributed by atoms with Gasteiger partial charge in [0, 0.05) is 18.0 Å². The number of pyridine rings is 1. The minimum atomic E-state index is -0.356. The highest BCUT2D eigenvalue weighted by Crippen LogP contribution is 2.29. The van der Waals surface area contributed by atoms with Crippen molar-refractivity contribution in [3.05, 3.63) is 102 Å². The number of hydrogen-bond donors (Lipinski definition) is 1. The minimum absolute atomic E-state index is 0.128. The molecule has 0 spiro atoms. The van der Waals surface area contributed by atoms with Crippen LogP contribution in [0.2, 0.25) is 0 Å². The second kappa shape index (κ2) is 7.21. The fourth-order valence-corrected chi connectivity index (χ4v) is 2.64. The molecule has 4 heteroatoms. The average Bonchev–Trinajstić information content (AvgIpc) is 2.67. The molecule has 24 heavy (non-hydrogen) atoms. The molecule has 1 aromatic heterocycles. The maximum Gasteiger partial charge on any atom is 0.186 e. The van der Waals surface area contributed by atoms with Gasteiger partial charge in [0.05, 0.1) is 6.04 Å². The van der Waals surface area contributed by atoms with Gasteiger partial charge in [-0.25, -0.2) is 0 Å². The molecule has 3 rings (SSSR count). The number of nitrogens with zero attached hydrogens (tertiary/aromatic N) is 3. The predicted molar refractivity (Wildman–Crippen MR) is 93.2 cm³/mol. The summed E-state index contributed by atoms with van der Waals surface area (Å²) in [6, 6.07) is 22.7. The number of aromatic nitrogens is 1. The third kappa shape index (κ3) is 3.16. The number of rotatable bonds is 4. The van der Waals surface area contributed by atoms with Crippen molar-refractivity contribution in [2.75, 3.05) is 0 Å². The van der Waals surface area contributed by atoms with Crippen LogP contribution in [0.5, 0.6) is 0 Å². The number of hydrogen-bond acceptors (Lipinski definition) is 3. The summed E-state index contributed by atoms with van der Waals surface area (Å²) in [4.78, 5) is 5.47. The van der Waals surface area contributed by atoms with Gasteiger partial charge in [0.2, 0.25) is 0 Å². The Morgan fingerprint density at radius 3 is 1.96 bits per heavy atom. The Morgan fingerprint density at radius 1 is 0.917 bits per heavy atom. The van der Waals surface area contributed by atoms with Crippen molar-refractivity contribution in [2.24, 2.45) is 0 Å². The summed E-state index contributed by atoms with van der Waals surface area (Å²) in [7, 11) is 0. The minimum Gasteiger partial charge on any atom is -0.283 e. The molecule has 0 fully saturated rings. The van der Waals surface area contributed by atoms with E-state index in [1.165, 1.54) is 4.90 Å². The highest BCUT2D eigenvalue weighted by atomic mass is 15.2. The van der Waals surface area contributed by atoms with Gasteiger partial charge in [-0.1, -0.05) is 60.7 Å². The molecular weight excluding hydrogens is 296 g/mol. The summed E-state index contributed by atoms with van der Waals surface area (Å²) in [5.74, 6) is 0.128. The average molecular weight is 312 g/mol. The lowest BCUT2D eigenvalue weighted by atomic mass is 9.97. The van der Waals surface area contributed by atoms with Crippen LogP contribution in [0.3, 0.4) is 0 Å². The summed E-state index contributed by atoms with van der Waals surface area (Å²) in [5.41, 5.74) is 2.52. The van der Waals surface area contributed by atoms with Crippen LogP contribution < -0.4 is 0 Å². The zero-order valence-corrected chi connectivity index (χ0v) is 13.0. The molecule has 116 valence electrons. The van der Waals surface area contributed by atoms with Gasteiger partial charge < -0.3 is 0 Å². The normalized spacial score (nSPS) is 10.2. The van der Waals surface area contributed by atoms with E-state index in [0.29, 0.717) is 5.56 Å². The molecule has 0 saturated heterocycles. The number of nitriles is 1. The summed E-state index contributed by atoms with van der Waals surface area (Å²) >= 11 is 0. The molecule has 0 unspecified atom stereocenters. The van der Waals surface area contributed by atoms with Crippen molar-refractivity contribution in [3.63, 3.8) is 0 Å². The van der Waals surface area contributed by atoms with Gasteiger partial charge in [0.1, 0.15) is 5.84 Å². The van der Waals surface area contributed by atoms with E-state index in [2.05, 4.69) is 11.2 Å². The lowest BCUT2D eigenvalue weighted by Gasteiger charge is -2.28. The SMILES string of the molecule is N#CN(C(=N)c1cccnc1)C(c1ccccc1)c1ccccc1. The van der Waals surface area contributed by atoms with Crippen LogP contribution in [0.15, 0.2) is 85.2 Å². The van der Waals surface area contributed by atoms with Crippen LogP contribution in [0.4, 0.5) is 0 Å². The molecule has 0 radical (unpaired) electrons. The summed E-state index contributed by atoms with van der Waals surface area (Å²) in [5, 5.41) is 18.2. The topological polar surface area (TPSA) is 63.8 Å². The molecule has 0 aliphatic rings. The van der Waals surface area contributed by atoms with Gasteiger partial charge in [-0.3, -0.25) is 15.3 Å². The highest BCUT2D eigenvalue weighted by molar-refractivity contribution is 5.97. The van der Waals surface area contributed by atoms with Crippen LogP contribution in [0.1, 0.15) is 22.7 Å². The van der Waals surface area contributed by atoms with Gasteiger partial charge in [0.25, 0.3) is 0 Å². The number of benzene rings is 2. The first-order valence-electron chi connectivity index (χ1n) is 7.59. The molecule has 2 aromatic carbocycles. The van der Waals surface area contributed by atoms with Gasteiger partial charge in [-0.05, 0) is 23.3 Å². The Kier molecular flexibility index (Phi) is 4.64. The Balaban J connectivity index is 2.07. The molecule has 0 aliphatic carbocycles. The first kappa shape index (κ1) is 15.4. The Morgan fingerprint density at radius 2 is 1.50 bits per heavy atom. The molecule has 0 bridgehead atoms. The smallest absolute Gasteiger partial charge is 0.186 e. The first-order chi connectivity index (χ1) is 11.8. The molecule has 4 nitrogen and oxygen atoms in total. The first-order valence-corrected chi connectivity index (χ1v) is 7.59. The largest absolute Gasteiger partial charge is 0.283 e. The Bertz CT molecular complexity index is 800. The van der Waals surface area contributed by atoms with E-state index < -0.39 is 0 Å². The van der Waals surface area contributed by atoms with Crippen LogP contribution in [0.25, 0.3) is 0 Å². The molecule has 1 heterocycles. The standard InChI is InChI=1S/C20H16N4/c21-15-24(20(22)18-12-7-13-23-14-18)19(16-8-3-1-4-9-16)17-10-5-2-6-11-17/h1-14,19,22H. The molecule has 3 aromatic rings. The van der Waals surface area contributed by atoms with E-state index in [9.17, 15) is 5.26 Å². The monoisotopic (exact) mass is 312 g/mol. The van der Waals surface area contributed by atoms with Gasteiger partial charge in [0.15, 0.2) is 6.19 Å². The van der Waals surface area contributed by atoms with Crippen molar-refractivity contribution in [1.29, 1.82) is 10.7 Å². The molecular formula is C20H16N4. The van der Waals surface area contributed by atoms with E-state index in [0.717, 1.165) is 11.1 Å².